The number of para-hydroxylation sites is 1. The molecule has 31 heavy (non-hydrogen) atoms. The van der Waals surface area contributed by atoms with Gasteiger partial charge in [0.25, 0.3) is 11.5 Å². The summed E-state index contributed by atoms with van der Waals surface area (Å²) in [6.45, 7) is 2.05. The van der Waals surface area contributed by atoms with Crippen LogP contribution in [-0.4, -0.2) is 51.8 Å². The van der Waals surface area contributed by atoms with Gasteiger partial charge in [0, 0.05) is 12.6 Å². The van der Waals surface area contributed by atoms with Gasteiger partial charge in [0.2, 0.25) is 5.91 Å². The molecular weight excluding hydrogens is 412 g/mol. The highest BCUT2D eigenvalue weighted by Gasteiger charge is 2.25. The van der Waals surface area contributed by atoms with Gasteiger partial charge in [0.1, 0.15) is 11.9 Å². The molecule has 3 rings (SSSR count). The Morgan fingerprint density at radius 1 is 1.19 bits per heavy atom. The first-order valence-corrected chi connectivity index (χ1v) is 11.4. The number of aromatic amines is 1. The summed E-state index contributed by atoms with van der Waals surface area (Å²) in [5.74, 6) is 0.608. The molecule has 1 atom stereocenters. The lowest BCUT2D eigenvalue weighted by molar-refractivity contribution is -0.132. The first kappa shape index (κ1) is 22.6. The van der Waals surface area contributed by atoms with Crippen molar-refractivity contribution < 1.29 is 9.59 Å². The molecule has 0 bridgehead atoms. The third kappa shape index (κ3) is 5.73. The minimum absolute atomic E-state index is 0.134. The zero-order valence-corrected chi connectivity index (χ0v) is 18.7. The van der Waals surface area contributed by atoms with Crippen molar-refractivity contribution in [2.24, 2.45) is 0 Å². The summed E-state index contributed by atoms with van der Waals surface area (Å²) in [4.78, 5) is 46.8. The van der Waals surface area contributed by atoms with Gasteiger partial charge in [-0.25, -0.2) is 4.98 Å². The summed E-state index contributed by atoms with van der Waals surface area (Å²) in [5, 5.41) is 3.37. The highest BCUT2D eigenvalue weighted by molar-refractivity contribution is 7.98. The molecule has 2 aromatic carbocycles. The van der Waals surface area contributed by atoms with Crippen LogP contribution >= 0.6 is 11.8 Å². The van der Waals surface area contributed by atoms with Crippen LogP contribution in [0.2, 0.25) is 0 Å². The molecule has 2 N–H and O–H groups in total. The highest BCUT2D eigenvalue weighted by Crippen LogP contribution is 2.10. The third-order valence-corrected chi connectivity index (χ3v) is 5.56. The van der Waals surface area contributed by atoms with Gasteiger partial charge in [0.15, 0.2) is 0 Å². The van der Waals surface area contributed by atoms with Crippen LogP contribution < -0.4 is 10.9 Å². The van der Waals surface area contributed by atoms with Crippen molar-refractivity contribution in [1.82, 2.24) is 20.2 Å². The van der Waals surface area contributed by atoms with Crippen molar-refractivity contribution in [3.63, 3.8) is 0 Å². The molecule has 8 heteroatoms. The van der Waals surface area contributed by atoms with E-state index in [1.165, 1.54) is 4.90 Å². The number of hydrogen-bond donors (Lipinski definition) is 2. The molecule has 1 unspecified atom stereocenters. The summed E-state index contributed by atoms with van der Waals surface area (Å²) in [6.07, 6.45) is 2.46. The summed E-state index contributed by atoms with van der Waals surface area (Å²) in [5.41, 5.74) is 1.83. The predicted octanol–water partition coefficient (Wildman–Crippen LogP) is 2.74. The second kappa shape index (κ2) is 10.3. The molecule has 0 fully saturated rings. The summed E-state index contributed by atoms with van der Waals surface area (Å²) in [6, 6.07) is 13.6. The van der Waals surface area contributed by atoms with Gasteiger partial charge in [-0.2, -0.15) is 11.8 Å². The SMILES string of the molecule is CSCCC(NC(=O)c1cccc(C)c1)C(=O)N(C)Cc1nc2ccccc2c(=O)[nH]1. The largest absolute Gasteiger partial charge is 0.340 e. The first-order valence-electron chi connectivity index (χ1n) is 9.98. The van der Waals surface area contributed by atoms with Crippen LogP contribution in [0.1, 0.15) is 28.2 Å². The van der Waals surface area contributed by atoms with E-state index in [1.807, 2.05) is 31.4 Å². The molecule has 1 aromatic heterocycles. The van der Waals surface area contributed by atoms with Gasteiger partial charge < -0.3 is 15.2 Å². The standard InChI is InChI=1S/C23H26N4O3S/c1-15-7-6-8-16(13-15)21(28)25-19(11-12-31-3)23(30)27(2)14-20-24-18-10-5-4-9-17(18)22(29)26-20/h4-10,13,19H,11-12,14H2,1-3H3,(H,25,28)(H,24,26,29). The second-order valence-electron chi connectivity index (χ2n) is 7.40. The zero-order valence-electron chi connectivity index (χ0n) is 17.8. The van der Waals surface area contributed by atoms with E-state index in [4.69, 9.17) is 0 Å². The summed E-state index contributed by atoms with van der Waals surface area (Å²) < 4.78 is 0. The Hall–Kier alpha value is -3.13. The minimum atomic E-state index is -0.669. The molecular formula is C23H26N4O3S. The number of nitrogens with zero attached hydrogens (tertiary/aromatic N) is 2. The van der Waals surface area contributed by atoms with Gasteiger partial charge in [-0.05, 0) is 49.6 Å². The molecule has 0 spiro atoms. The number of nitrogens with one attached hydrogen (secondary N) is 2. The van der Waals surface area contributed by atoms with Crippen molar-refractivity contribution in [3.05, 3.63) is 75.8 Å². The Morgan fingerprint density at radius 3 is 2.71 bits per heavy atom. The molecule has 0 aliphatic carbocycles. The van der Waals surface area contributed by atoms with Crippen LogP contribution in [0, 0.1) is 6.92 Å². The molecule has 162 valence electrons. The summed E-state index contributed by atoms with van der Waals surface area (Å²) in [7, 11) is 1.64. The maximum absolute atomic E-state index is 13.1. The van der Waals surface area contributed by atoms with Crippen LogP contribution in [0.15, 0.2) is 53.3 Å². The van der Waals surface area contributed by atoms with E-state index in [9.17, 15) is 14.4 Å². The number of carbonyl (C=O) groups is 2. The first-order chi connectivity index (χ1) is 14.9. The van der Waals surface area contributed by atoms with Crippen molar-refractivity contribution >= 4 is 34.5 Å². The van der Waals surface area contributed by atoms with Crippen LogP contribution in [0.5, 0.6) is 0 Å². The second-order valence-corrected chi connectivity index (χ2v) is 8.39. The van der Waals surface area contributed by atoms with E-state index >= 15 is 0 Å². The molecule has 7 nitrogen and oxygen atoms in total. The van der Waals surface area contributed by atoms with Gasteiger partial charge in [-0.15, -0.1) is 0 Å². The lowest BCUT2D eigenvalue weighted by Crippen LogP contribution is -2.47. The summed E-state index contributed by atoms with van der Waals surface area (Å²) >= 11 is 1.61. The Kier molecular flexibility index (Phi) is 7.46. The topological polar surface area (TPSA) is 95.2 Å². The Bertz CT molecular complexity index is 1140. The number of fused-ring (bicyclic) bond motifs is 1. The van der Waals surface area contributed by atoms with Crippen LogP contribution in [0.25, 0.3) is 10.9 Å². The van der Waals surface area contributed by atoms with E-state index in [0.717, 1.165) is 11.3 Å². The lowest BCUT2D eigenvalue weighted by Gasteiger charge is -2.24. The number of aromatic nitrogens is 2. The Labute approximate surface area is 185 Å². The number of H-pyrrole nitrogens is 1. The maximum atomic E-state index is 13.1. The van der Waals surface area contributed by atoms with Gasteiger partial charge in [-0.3, -0.25) is 14.4 Å². The van der Waals surface area contributed by atoms with Crippen LogP contribution in [-0.2, 0) is 11.3 Å². The van der Waals surface area contributed by atoms with Crippen LogP contribution in [0.3, 0.4) is 0 Å². The molecule has 1 heterocycles. The quantitative estimate of drug-likeness (QED) is 0.564. The van der Waals surface area contributed by atoms with Crippen molar-refractivity contribution in [1.29, 1.82) is 0 Å². The maximum Gasteiger partial charge on any atom is 0.258 e. The third-order valence-electron chi connectivity index (χ3n) is 4.92. The van der Waals surface area contributed by atoms with Gasteiger partial charge >= 0.3 is 0 Å². The number of likely N-dealkylation sites (N-methyl/N-ethyl adjacent to an activating group) is 1. The average molecular weight is 439 g/mol. The molecule has 3 aromatic rings. The molecule has 0 aliphatic rings. The van der Waals surface area contributed by atoms with E-state index < -0.39 is 6.04 Å². The van der Waals surface area contributed by atoms with Crippen LogP contribution in [0.4, 0.5) is 0 Å². The van der Waals surface area contributed by atoms with E-state index in [-0.39, 0.29) is 23.9 Å². The van der Waals surface area contributed by atoms with E-state index in [1.54, 1.807) is 49.1 Å². The highest BCUT2D eigenvalue weighted by atomic mass is 32.2. The number of hydrogen-bond acceptors (Lipinski definition) is 5. The Morgan fingerprint density at radius 2 is 1.97 bits per heavy atom. The average Bonchev–Trinajstić information content (AvgIpc) is 2.76. The molecule has 0 radical (unpaired) electrons. The number of carbonyl (C=O) groups excluding carboxylic acids is 2. The number of amides is 2. The number of aryl methyl sites for hydroxylation is 1. The van der Waals surface area contributed by atoms with E-state index in [2.05, 4.69) is 15.3 Å². The molecule has 0 aliphatic heterocycles. The molecule has 2 amide bonds. The predicted molar refractivity (Wildman–Crippen MR) is 124 cm³/mol. The fraction of sp³-hybridized carbons (Fsp3) is 0.304. The van der Waals surface area contributed by atoms with Crippen molar-refractivity contribution in [2.75, 3.05) is 19.1 Å². The fourth-order valence-electron chi connectivity index (χ4n) is 3.30. The monoisotopic (exact) mass is 438 g/mol. The minimum Gasteiger partial charge on any atom is -0.340 e. The van der Waals surface area contributed by atoms with Gasteiger partial charge in [0.05, 0.1) is 17.4 Å². The number of benzene rings is 2. The lowest BCUT2D eigenvalue weighted by atomic mass is 10.1. The normalized spacial score (nSPS) is 11.8. The van der Waals surface area contributed by atoms with Crippen molar-refractivity contribution in [3.8, 4) is 0 Å². The zero-order chi connectivity index (χ0) is 22.4. The van der Waals surface area contributed by atoms with Gasteiger partial charge in [-0.1, -0.05) is 29.8 Å². The smallest absolute Gasteiger partial charge is 0.258 e. The number of thioether (sulfide) groups is 1. The van der Waals surface area contributed by atoms with Crippen molar-refractivity contribution in [2.45, 2.75) is 25.9 Å². The molecule has 0 saturated carbocycles. The Balaban J connectivity index is 1.75. The fourth-order valence-corrected chi connectivity index (χ4v) is 3.77. The molecule has 0 saturated heterocycles. The number of rotatable bonds is 8. The van der Waals surface area contributed by atoms with E-state index in [0.29, 0.717) is 28.7 Å².